The van der Waals surface area contributed by atoms with E-state index in [9.17, 15) is 0 Å². The van der Waals surface area contributed by atoms with Crippen LogP contribution in [0.15, 0.2) is 48.0 Å². The van der Waals surface area contributed by atoms with Crippen LogP contribution in [0, 0.1) is 0 Å². The smallest absolute Gasteiger partial charge is 0.0640 e. The first-order valence-corrected chi connectivity index (χ1v) is 4.10. The number of rotatable bonds is 3. The molecule has 0 N–H and O–H groups in total. The molecule has 0 aliphatic carbocycles. The summed E-state index contributed by atoms with van der Waals surface area (Å²) in [7, 11) is 0. The highest BCUT2D eigenvalue weighted by molar-refractivity contribution is 6.08. The van der Waals surface area contributed by atoms with Crippen molar-refractivity contribution in [3.8, 4) is 0 Å². The van der Waals surface area contributed by atoms with Gasteiger partial charge in [0.05, 0.1) is 5.71 Å². The van der Waals surface area contributed by atoms with E-state index in [-0.39, 0.29) is 0 Å². The first-order chi connectivity index (χ1) is 5.88. The molecule has 1 rings (SSSR count). The summed E-state index contributed by atoms with van der Waals surface area (Å²) in [5.41, 5.74) is 2.10. The molecule has 0 amide bonds. The van der Waals surface area contributed by atoms with Crippen molar-refractivity contribution in [3.05, 3.63) is 48.6 Å². The SMILES string of the molecule is C=CC(=NCC)c1ccccc1. The molecular formula is C11H13N. The molecule has 0 unspecified atom stereocenters. The molecule has 0 saturated heterocycles. The number of aliphatic imine (C=N–C) groups is 1. The standard InChI is InChI=1S/C11H13N/c1-3-11(12-4-2)10-8-6-5-7-9-10/h3,5-9H,1,4H2,2H3. The lowest BCUT2D eigenvalue weighted by Gasteiger charge is -1.99. The van der Waals surface area contributed by atoms with Crippen molar-refractivity contribution in [1.29, 1.82) is 0 Å². The van der Waals surface area contributed by atoms with Gasteiger partial charge in [0.25, 0.3) is 0 Å². The van der Waals surface area contributed by atoms with E-state index in [2.05, 4.69) is 11.6 Å². The summed E-state index contributed by atoms with van der Waals surface area (Å²) in [6.45, 7) is 6.55. The molecule has 0 aliphatic rings. The van der Waals surface area contributed by atoms with Crippen molar-refractivity contribution in [3.63, 3.8) is 0 Å². The number of hydrogen-bond acceptors (Lipinski definition) is 1. The zero-order valence-corrected chi connectivity index (χ0v) is 7.33. The second-order valence-corrected chi connectivity index (χ2v) is 2.43. The van der Waals surface area contributed by atoms with Crippen LogP contribution >= 0.6 is 0 Å². The fourth-order valence-electron chi connectivity index (χ4n) is 1.05. The van der Waals surface area contributed by atoms with E-state index in [4.69, 9.17) is 0 Å². The molecular weight excluding hydrogens is 146 g/mol. The van der Waals surface area contributed by atoms with Gasteiger partial charge in [-0.2, -0.15) is 0 Å². The summed E-state index contributed by atoms with van der Waals surface area (Å²) in [5, 5.41) is 0. The van der Waals surface area contributed by atoms with Gasteiger partial charge < -0.3 is 0 Å². The minimum atomic E-state index is 0.802. The van der Waals surface area contributed by atoms with E-state index in [0.29, 0.717) is 0 Å². The Morgan fingerprint density at radius 2 is 2.08 bits per heavy atom. The van der Waals surface area contributed by atoms with Crippen LogP contribution in [0.25, 0.3) is 0 Å². The molecule has 0 aliphatic heterocycles. The Labute approximate surface area is 73.5 Å². The summed E-state index contributed by atoms with van der Waals surface area (Å²) in [6.07, 6.45) is 1.79. The van der Waals surface area contributed by atoms with Gasteiger partial charge in [-0.1, -0.05) is 36.9 Å². The maximum atomic E-state index is 4.31. The summed E-state index contributed by atoms with van der Waals surface area (Å²) in [6, 6.07) is 10.1. The topological polar surface area (TPSA) is 12.4 Å². The van der Waals surface area contributed by atoms with Gasteiger partial charge in [0.1, 0.15) is 0 Å². The van der Waals surface area contributed by atoms with E-state index < -0.39 is 0 Å². The summed E-state index contributed by atoms with van der Waals surface area (Å²) in [5.74, 6) is 0. The van der Waals surface area contributed by atoms with Crippen LogP contribution in [0.5, 0.6) is 0 Å². The number of hydrogen-bond donors (Lipinski definition) is 0. The van der Waals surface area contributed by atoms with E-state index in [1.54, 1.807) is 6.08 Å². The predicted molar refractivity (Wildman–Crippen MR) is 53.7 cm³/mol. The van der Waals surface area contributed by atoms with Gasteiger partial charge in [0.2, 0.25) is 0 Å². The number of nitrogens with zero attached hydrogens (tertiary/aromatic N) is 1. The normalized spacial score (nSPS) is 11.2. The van der Waals surface area contributed by atoms with Crippen LogP contribution in [0.4, 0.5) is 0 Å². The van der Waals surface area contributed by atoms with E-state index >= 15 is 0 Å². The second-order valence-electron chi connectivity index (χ2n) is 2.43. The van der Waals surface area contributed by atoms with Gasteiger partial charge in [-0.05, 0) is 18.6 Å². The van der Waals surface area contributed by atoms with Crippen LogP contribution in [0.3, 0.4) is 0 Å². The second kappa shape index (κ2) is 4.50. The number of benzene rings is 1. The minimum absolute atomic E-state index is 0.802. The highest BCUT2D eigenvalue weighted by Gasteiger charge is 1.94. The third-order valence-electron chi connectivity index (χ3n) is 1.59. The molecule has 0 spiro atoms. The lowest BCUT2D eigenvalue weighted by Crippen LogP contribution is -1.95. The summed E-state index contributed by atoms with van der Waals surface area (Å²) < 4.78 is 0. The third-order valence-corrected chi connectivity index (χ3v) is 1.59. The van der Waals surface area contributed by atoms with Gasteiger partial charge >= 0.3 is 0 Å². The maximum Gasteiger partial charge on any atom is 0.0640 e. The Bertz CT molecular complexity index is 272. The van der Waals surface area contributed by atoms with E-state index in [1.165, 1.54) is 0 Å². The quantitative estimate of drug-likeness (QED) is 0.601. The highest BCUT2D eigenvalue weighted by atomic mass is 14.7. The molecule has 1 nitrogen and oxygen atoms in total. The Morgan fingerprint density at radius 3 is 2.58 bits per heavy atom. The van der Waals surface area contributed by atoms with Crippen molar-refractivity contribution in [2.24, 2.45) is 4.99 Å². The molecule has 0 saturated carbocycles. The van der Waals surface area contributed by atoms with E-state index in [1.807, 2.05) is 37.3 Å². The van der Waals surface area contributed by atoms with E-state index in [0.717, 1.165) is 17.8 Å². The van der Waals surface area contributed by atoms with Gasteiger partial charge in [0, 0.05) is 6.54 Å². The molecule has 0 bridgehead atoms. The first kappa shape index (κ1) is 8.72. The van der Waals surface area contributed by atoms with Gasteiger partial charge in [0.15, 0.2) is 0 Å². The summed E-state index contributed by atoms with van der Waals surface area (Å²) in [4.78, 5) is 4.31. The third kappa shape index (κ3) is 2.06. The molecule has 1 aromatic rings. The molecule has 0 fully saturated rings. The monoisotopic (exact) mass is 159 g/mol. The molecule has 0 atom stereocenters. The Morgan fingerprint density at radius 1 is 1.42 bits per heavy atom. The largest absolute Gasteiger partial charge is 0.285 e. The van der Waals surface area contributed by atoms with Crippen molar-refractivity contribution >= 4 is 5.71 Å². The number of allylic oxidation sites excluding steroid dienone is 1. The summed E-state index contributed by atoms with van der Waals surface area (Å²) >= 11 is 0. The fraction of sp³-hybridized carbons (Fsp3) is 0.182. The first-order valence-electron chi connectivity index (χ1n) is 4.10. The lowest BCUT2D eigenvalue weighted by molar-refractivity contribution is 1.13. The van der Waals surface area contributed by atoms with Gasteiger partial charge in [-0.3, -0.25) is 4.99 Å². The highest BCUT2D eigenvalue weighted by Crippen LogP contribution is 2.01. The zero-order valence-electron chi connectivity index (χ0n) is 7.33. The molecule has 0 radical (unpaired) electrons. The van der Waals surface area contributed by atoms with Crippen LogP contribution in [-0.2, 0) is 0 Å². The molecule has 1 aromatic carbocycles. The molecule has 12 heavy (non-hydrogen) atoms. The van der Waals surface area contributed by atoms with Crippen LogP contribution < -0.4 is 0 Å². The van der Waals surface area contributed by atoms with Gasteiger partial charge in [-0.15, -0.1) is 0 Å². The Hall–Kier alpha value is -1.37. The van der Waals surface area contributed by atoms with Gasteiger partial charge in [-0.25, -0.2) is 0 Å². The van der Waals surface area contributed by atoms with Crippen molar-refractivity contribution in [2.45, 2.75) is 6.92 Å². The average molecular weight is 159 g/mol. The average Bonchev–Trinajstić information content (AvgIpc) is 2.15. The van der Waals surface area contributed by atoms with Crippen molar-refractivity contribution < 1.29 is 0 Å². The maximum absolute atomic E-state index is 4.31. The van der Waals surface area contributed by atoms with Crippen molar-refractivity contribution in [1.82, 2.24) is 0 Å². The lowest BCUT2D eigenvalue weighted by atomic mass is 10.1. The Kier molecular flexibility index (Phi) is 3.27. The van der Waals surface area contributed by atoms with Crippen LogP contribution in [0.1, 0.15) is 12.5 Å². The fourth-order valence-corrected chi connectivity index (χ4v) is 1.05. The Balaban J connectivity index is 2.96. The minimum Gasteiger partial charge on any atom is -0.285 e. The molecule has 62 valence electrons. The van der Waals surface area contributed by atoms with Crippen LogP contribution in [-0.4, -0.2) is 12.3 Å². The molecule has 1 heteroatoms. The predicted octanol–water partition coefficient (Wildman–Crippen LogP) is 2.68. The van der Waals surface area contributed by atoms with Crippen LogP contribution in [0.2, 0.25) is 0 Å². The van der Waals surface area contributed by atoms with Crippen molar-refractivity contribution in [2.75, 3.05) is 6.54 Å². The molecule has 0 aromatic heterocycles. The zero-order chi connectivity index (χ0) is 8.81. The molecule has 0 heterocycles.